The molecule has 1 aromatic heterocycles. The van der Waals surface area contributed by atoms with Crippen LogP contribution in [0.4, 0.5) is 24.7 Å². The molecule has 1 saturated heterocycles. The van der Waals surface area contributed by atoms with E-state index in [1.54, 1.807) is 6.07 Å². The van der Waals surface area contributed by atoms with E-state index in [-0.39, 0.29) is 12.3 Å². The van der Waals surface area contributed by atoms with E-state index in [2.05, 4.69) is 17.1 Å². The van der Waals surface area contributed by atoms with Crippen LogP contribution in [0.1, 0.15) is 31.7 Å². The highest BCUT2D eigenvalue weighted by molar-refractivity contribution is 5.92. The van der Waals surface area contributed by atoms with Crippen molar-refractivity contribution in [2.45, 2.75) is 38.4 Å². The maximum atomic E-state index is 12.7. The molecule has 8 heteroatoms. The Labute approximate surface area is 184 Å². The molecule has 1 aliphatic rings. The van der Waals surface area contributed by atoms with Crippen LogP contribution in [-0.4, -0.2) is 30.1 Å². The second kappa shape index (κ2) is 9.06. The molecule has 1 aliphatic heterocycles. The highest BCUT2D eigenvalue weighted by Gasteiger charge is 2.30. The Hall–Kier alpha value is -3.29. The molecule has 5 nitrogen and oxygen atoms in total. The lowest BCUT2D eigenvalue weighted by Gasteiger charge is -2.34. The molecule has 0 aliphatic carbocycles. The number of fused-ring (bicyclic) bond motifs is 1. The molecule has 1 fully saturated rings. The summed E-state index contributed by atoms with van der Waals surface area (Å²) in [6.45, 7) is 2.86. The van der Waals surface area contributed by atoms with Crippen molar-refractivity contribution in [1.82, 2.24) is 4.98 Å². The third-order valence-corrected chi connectivity index (χ3v) is 5.62. The summed E-state index contributed by atoms with van der Waals surface area (Å²) >= 11 is 0. The monoisotopic (exact) mass is 443 g/mol. The zero-order chi connectivity index (χ0) is 22.7. The topological polar surface area (TPSA) is 54.5 Å². The molecule has 32 heavy (non-hydrogen) atoms. The molecule has 2 heterocycles. The highest BCUT2D eigenvalue weighted by Crippen LogP contribution is 2.31. The van der Waals surface area contributed by atoms with Gasteiger partial charge in [0.2, 0.25) is 0 Å². The Morgan fingerprint density at radius 1 is 1.12 bits per heavy atom. The van der Waals surface area contributed by atoms with E-state index in [0.717, 1.165) is 42.7 Å². The van der Waals surface area contributed by atoms with Gasteiger partial charge in [0.15, 0.2) is 6.61 Å². The number of carbonyl (C=O) groups excluding carboxylic acids is 1. The lowest BCUT2D eigenvalue weighted by molar-refractivity contribution is -0.137. The number of aromatic nitrogens is 1. The fourth-order valence-corrected chi connectivity index (χ4v) is 3.91. The molecule has 2 aromatic carbocycles. The van der Waals surface area contributed by atoms with Crippen molar-refractivity contribution < 1.29 is 22.7 Å². The maximum absolute atomic E-state index is 12.7. The molecular weight excluding hydrogens is 419 g/mol. The standard InChI is InChI=1S/C24H24F3N3O2/c1-16-5-2-3-14-30(16)21-13-8-17-6-4-7-20(23(17)29-21)32-15-22(31)28-19-11-9-18(10-12-19)24(25,26)27/h4,6-13,16H,2-3,5,14-15H2,1H3,(H,28,31)/t16-/m1/s1. The van der Waals surface area contributed by atoms with Crippen molar-refractivity contribution in [3.05, 3.63) is 60.2 Å². The van der Waals surface area contributed by atoms with Gasteiger partial charge in [-0.3, -0.25) is 4.79 Å². The third-order valence-electron chi connectivity index (χ3n) is 5.62. The maximum Gasteiger partial charge on any atom is 0.416 e. The molecule has 0 radical (unpaired) electrons. The predicted molar refractivity (Wildman–Crippen MR) is 118 cm³/mol. The zero-order valence-corrected chi connectivity index (χ0v) is 17.7. The van der Waals surface area contributed by atoms with Gasteiger partial charge in [-0.05, 0) is 68.7 Å². The van der Waals surface area contributed by atoms with Gasteiger partial charge in [0.1, 0.15) is 17.1 Å². The number of hydrogen-bond donors (Lipinski definition) is 1. The van der Waals surface area contributed by atoms with Gasteiger partial charge < -0.3 is 15.0 Å². The van der Waals surface area contributed by atoms with Crippen molar-refractivity contribution in [1.29, 1.82) is 0 Å². The number of rotatable bonds is 5. The molecule has 0 unspecified atom stereocenters. The van der Waals surface area contributed by atoms with Crippen LogP contribution in [0.5, 0.6) is 5.75 Å². The number of alkyl halides is 3. The van der Waals surface area contributed by atoms with Crippen molar-refractivity contribution in [3.63, 3.8) is 0 Å². The number of carbonyl (C=O) groups is 1. The minimum atomic E-state index is -4.42. The number of ether oxygens (including phenoxy) is 1. The SMILES string of the molecule is C[C@@H]1CCCCN1c1ccc2cccc(OCC(=O)Nc3ccc(C(F)(F)F)cc3)c2n1. The van der Waals surface area contributed by atoms with Gasteiger partial charge in [0, 0.05) is 23.7 Å². The van der Waals surface area contributed by atoms with E-state index in [0.29, 0.717) is 17.3 Å². The number of hydrogen-bond acceptors (Lipinski definition) is 4. The van der Waals surface area contributed by atoms with E-state index in [4.69, 9.17) is 9.72 Å². The van der Waals surface area contributed by atoms with Crippen molar-refractivity contribution in [2.24, 2.45) is 0 Å². The van der Waals surface area contributed by atoms with E-state index in [1.165, 1.54) is 18.6 Å². The second-order valence-corrected chi connectivity index (χ2v) is 7.95. The van der Waals surface area contributed by atoms with Gasteiger partial charge in [-0.25, -0.2) is 4.98 Å². The number of anilines is 2. The van der Waals surface area contributed by atoms with Gasteiger partial charge in [0.05, 0.1) is 5.56 Å². The lowest BCUT2D eigenvalue weighted by Crippen LogP contribution is -2.37. The van der Waals surface area contributed by atoms with Gasteiger partial charge in [-0.15, -0.1) is 0 Å². The Bertz CT molecular complexity index is 1100. The molecule has 0 bridgehead atoms. The van der Waals surface area contributed by atoms with Crippen LogP contribution in [0.3, 0.4) is 0 Å². The van der Waals surface area contributed by atoms with Crippen LogP contribution >= 0.6 is 0 Å². The molecule has 4 rings (SSSR count). The normalized spacial score (nSPS) is 16.8. The first-order valence-electron chi connectivity index (χ1n) is 10.6. The first kappa shape index (κ1) is 21.9. The molecule has 168 valence electrons. The fourth-order valence-electron chi connectivity index (χ4n) is 3.91. The second-order valence-electron chi connectivity index (χ2n) is 7.95. The fraction of sp³-hybridized carbons (Fsp3) is 0.333. The molecule has 1 N–H and O–H groups in total. The van der Waals surface area contributed by atoms with Crippen LogP contribution in [0.25, 0.3) is 10.9 Å². The van der Waals surface area contributed by atoms with Crippen LogP contribution < -0.4 is 15.0 Å². The average molecular weight is 443 g/mol. The summed E-state index contributed by atoms with van der Waals surface area (Å²) in [5.41, 5.74) is 0.168. The molecular formula is C24H24F3N3O2. The van der Waals surface area contributed by atoms with Gasteiger partial charge in [-0.1, -0.05) is 12.1 Å². The van der Waals surface area contributed by atoms with Crippen LogP contribution in [-0.2, 0) is 11.0 Å². The van der Waals surface area contributed by atoms with Crippen LogP contribution in [0.2, 0.25) is 0 Å². The predicted octanol–water partition coefficient (Wildman–Crippen LogP) is 5.65. The van der Waals surface area contributed by atoms with E-state index < -0.39 is 17.6 Å². The summed E-state index contributed by atoms with van der Waals surface area (Å²) in [5.74, 6) is 0.897. The smallest absolute Gasteiger partial charge is 0.416 e. The zero-order valence-electron chi connectivity index (χ0n) is 17.7. The van der Waals surface area contributed by atoms with E-state index >= 15 is 0 Å². The molecule has 1 amide bonds. The minimum Gasteiger partial charge on any atom is -0.481 e. The van der Waals surface area contributed by atoms with Crippen molar-refractivity contribution in [2.75, 3.05) is 23.4 Å². The van der Waals surface area contributed by atoms with Gasteiger partial charge >= 0.3 is 6.18 Å². The average Bonchev–Trinajstić information content (AvgIpc) is 2.77. The summed E-state index contributed by atoms with van der Waals surface area (Å²) in [6.07, 6.45) is -0.945. The van der Waals surface area contributed by atoms with E-state index in [9.17, 15) is 18.0 Å². The molecule has 0 spiro atoms. The number of nitrogens with zero attached hydrogens (tertiary/aromatic N) is 2. The largest absolute Gasteiger partial charge is 0.481 e. The minimum absolute atomic E-state index is 0.268. The Kier molecular flexibility index (Phi) is 6.21. The van der Waals surface area contributed by atoms with Crippen LogP contribution in [0, 0.1) is 0 Å². The third kappa shape index (κ3) is 4.95. The number of nitrogens with one attached hydrogen (secondary N) is 1. The van der Waals surface area contributed by atoms with Gasteiger partial charge in [-0.2, -0.15) is 13.2 Å². The Morgan fingerprint density at radius 2 is 1.91 bits per heavy atom. The summed E-state index contributed by atoms with van der Waals surface area (Å²) in [7, 11) is 0. The Morgan fingerprint density at radius 3 is 2.62 bits per heavy atom. The highest BCUT2D eigenvalue weighted by atomic mass is 19.4. The number of piperidine rings is 1. The van der Waals surface area contributed by atoms with Crippen molar-refractivity contribution >= 4 is 28.3 Å². The lowest BCUT2D eigenvalue weighted by atomic mass is 10.0. The number of halogens is 3. The summed E-state index contributed by atoms with van der Waals surface area (Å²) in [5, 5.41) is 3.45. The number of benzene rings is 2. The quantitative estimate of drug-likeness (QED) is 0.554. The van der Waals surface area contributed by atoms with Crippen LogP contribution in [0.15, 0.2) is 54.6 Å². The number of amides is 1. The van der Waals surface area contributed by atoms with E-state index in [1.807, 2.05) is 24.3 Å². The number of pyridine rings is 1. The summed E-state index contributed by atoms with van der Waals surface area (Å²) in [6, 6.07) is 14.2. The summed E-state index contributed by atoms with van der Waals surface area (Å²) in [4.78, 5) is 19.4. The first-order valence-corrected chi connectivity index (χ1v) is 10.6. The molecule has 1 atom stereocenters. The Balaban J connectivity index is 1.45. The van der Waals surface area contributed by atoms with Gasteiger partial charge in [0.25, 0.3) is 5.91 Å². The summed E-state index contributed by atoms with van der Waals surface area (Å²) < 4.78 is 43.7. The number of para-hydroxylation sites is 1. The van der Waals surface area contributed by atoms with Crippen molar-refractivity contribution in [3.8, 4) is 5.75 Å². The molecule has 0 saturated carbocycles. The first-order chi connectivity index (χ1) is 15.3. The molecule has 3 aromatic rings.